The fourth-order valence-corrected chi connectivity index (χ4v) is 3.35. The highest BCUT2D eigenvalue weighted by atomic mass is 16.6. The van der Waals surface area contributed by atoms with Gasteiger partial charge in [-0.15, -0.1) is 0 Å². The first-order valence-corrected chi connectivity index (χ1v) is 9.60. The molecule has 0 unspecified atom stereocenters. The van der Waals surface area contributed by atoms with Gasteiger partial charge >= 0.3 is 5.69 Å². The van der Waals surface area contributed by atoms with Crippen molar-refractivity contribution in [1.29, 1.82) is 0 Å². The highest BCUT2D eigenvalue weighted by Gasteiger charge is 2.21. The molecule has 3 rings (SSSR count). The second-order valence-electron chi connectivity index (χ2n) is 6.97. The molecule has 1 fully saturated rings. The van der Waals surface area contributed by atoms with Gasteiger partial charge < -0.3 is 15.4 Å². The lowest BCUT2D eigenvalue weighted by molar-refractivity contribution is -0.385. The Balaban J connectivity index is 1.55. The predicted octanol–water partition coefficient (Wildman–Crippen LogP) is 4.13. The van der Waals surface area contributed by atoms with Crippen LogP contribution in [0.4, 0.5) is 17.1 Å². The van der Waals surface area contributed by atoms with E-state index in [0.717, 1.165) is 25.7 Å². The third-order valence-electron chi connectivity index (χ3n) is 4.81. The smallest absolute Gasteiger partial charge is 0.310 e. The van der Waals surface area contributed by atoms with Crippen LogP contribution in [-0.2, 0) is 9.59 Å². The van der Waals surface area contributed by atoms with E-state index < -0.39 is 10.8 Å². The van der Waals surface area contributed by atoms with Gasteiger partial charge in [0.05, 0.1) is 4.92 Å². The minimum absolute atomic E-state index is 0.00731. The van der Waals surface area contributed by atoms with Crippen LogP contribution in [0.2, 0.25) is 0 Å². The third kappa shape index (κ3) is 5.78. The number of hydrogen-bond donors (Lipinski definition) is 2. The molecule has 0 bridgehead atoms. The molecule has 0 saturated heterocycles. The normalized spacial score (nSPS) is 14.1. The van der Waals surface area contributed by atoms with E-state index in [1.807, 2.05) is 0 Å². The topological polar surface area (TPSA) is 111 Å². The van der Waals surface area contributed by atoms with E-state index in [4.69, 9.17) is 4.74 Å². The second-order valence-corrected chi connectivity index (χ2v) is 6.97. The molecule has 29 heavy (non-hydrogen) atoms. The van der Waals surface area contributed by atoms with E-state index >= 15 is 0 Å². The maximum atomic E-state index is 12.4. The van der Waals surface area contributed by atoms with Crippen LogP contribution in [0.5, 0.6) is 5.75 Å². The minimum Gasteiger partial charge on any atom is -0.477 e. The molecule has 2 aromatic rings. The van der Waals surface area contributed by atoms with Gasteiger partial charge in [0.2, 0.25) is 5.91 Å². The molecule has 1 saturated carbocycles. The Morgan fingerprint density at radius 3 is 2.41 bits per heavy atom. The number of benzene rings is 2. The monoisotopic (exact) mass is 397 g/mol. The van der Waals surface area contributed by atoms with Crippen molar-refractivity contribution in [2.24, 2.45) is 5.92 Å². The molecule has 0 spiro atoms. The van der Waals surface area contributed by atoms with Gasteiger partial charge in [0, 0.05) is 23.4 Å². The Morgan fingerprint density at radius 1 is 1.00 bits per heavy atom. The van der Waals surface area contributed by atoms with Crippen molar-refractivity contribution in [1.82, 2.24) is 0 Å². The zero-order chi connectivity index (χ0) is 20.6. The Morgan fingerprint density at radius 2 is 1.69 bits per heavy atom. The maximum absolute atomic E-state index is 12.4. The number of hydrogen-bond acceptors (Lipinski definition) is 5. The summed E-state index contributed by atoms with van der Waals surface area (Å²) in [5, 5.41) is 16.6. The number of nitro benzene ring substituents is 1. The zero-order valence-electron chi connectivity index (χ0n) is 15.9. The predicted molar refractivity (Wildman–Crippen MR) is 109 cm³/mol. The highest BCUT2D eigenvalue weighted by molar-refractivity contribution is 5.95. The molecule has 0 heterocycles. The molecule has 2 aromatic carbocycles. The van der Waals surface area contributed by atoms with Crippen LogP contribution in [0.25, 0.3) is 0 Å². The number of nitrogens with one attached hydrogen (secondary N) is 2. The van der Waals surface area contributed by atoms with E-state index in [1.165, 1.54) is 24.6 Å². The Hall–Kier alpha value is -3.42. The van der Waals surface area contributed by atoms with Crippen molar-refractivity contribution in [2.45, 2.75) is 32.1 Å². The summed E-state index contributed by atoms with van der Waals surface area (Å²) in [4.78, 5) is 35.0. The fourth-order valence-electron chi connectivity index (χ4n) is 3.35. The van der Waals surface area contributed by atoms with Crippen LogP contribution in [0, 0.1) is 16.0 Å². The Kier molecular flexibility index (Phi) is 6.78. The third-order valence-corrected chi connectivity index (χ3v) is 4.81. The summed E-state index contributed by atoms with van der Waals surface area (Å²) in [5.41, 5.74) is 0.910. The number of anilines is 2. The van der Waals surface area contributed by atoms with E-state index in [9.17, 15) is 19.7 Å². The van der Waals surface area contributed by atoms with Crippen LogP contribution in [0.3, 0.4) is 0 Å². The molecule has 2 amide bonds. The summed E-state index contributed by atoms with van der Waals surface area (Å²) in [6, 6.07) is 12.7. The van der Waals surface area contributed by atoms with Crippen molar-refractivity contribution in [3.05, 3.63) is 58.6 Å². The van der Waals surface area contributed by atoms with Crippen LogP contribution in [-0.4, -0.2) is 23.3 Å². The minimum atomic E-state index is -0.564. The highest BCUT2D eigenvalue weighted by Crippen LogP contribution is 2.26. The Bertz CT molecular complexity index is 893. The second kappa shape index (κ2) is 9.68. The molecule has 0 atom stereocenters. The lowest BCUT2D eigenvalue weighted by Crippen LogP contribution is -2.25. The number of para-hydroxylation sites is 2. The largest absolute Gasteiger partial charge is 0.477 e. The number of rotatable bonds is 7. The first-order chi connectivity index (χ1) is 14.0. The van der Waals surface area contributed by atoms with Gasteiger partial charge in [-0.3, -0.25) is 19.7 Å². The number of ether oxygens (including phenoxy) is 1. The molecule has 8 nitrogen and oxygen atoms in total. The van der Waals surface area contributed by atoms with Crippen molar-refractivity contribution in [2.75, 3.05) is 17.2 Å². The van der Waals surface area contributed by atoms with Gasteiger partial charge in [-0.1, -0.05) is 37.5 Å². The first-order valence-electron chi connectivity index (χ1n) is 9.60. The summed E-state index contributed by atoms with van der Waals surface area (Å²) in [6.07, 6.45) is 5.15. The van der Waals surface area contributed by atoms with Crippen LogP contribution < -0.4 is 15.4 Å². The summed E-state index contributed by atoms with van der Waals surface area (Å²) in [6.45, 7) is -0.372. The molecule has 8 heteroatoms. The summed E-state index contributed by atoms with van der Waals surface area (Å²) >= 11 is 0. The number of nitrogens with zero attached hydrogens (tertiary/aromatic N) is 1. The van der Waals surface area contributed by atoms with E-state index in [2.05, 4.69) is 10.6 Å². The van der Waals surface area contributed by atoms with Crippen molar-refractivity contribution in [3.63, 3.8) is 0 Å². The standard InChI is InChI=1S/C21H23N3O5/c25-20(14-29-19-12-5-4-11-18(19)24(27)28)22-16-9-6-10-17(13-16)23-21(26)15-7-2-1-3-8-15/h4-6,9-13,15H,1-3,7-8,14H2,(H,22,25)(H,23,26). The number of carbonyl (C=O) groups is 2. The van der Waals surface area contributed by atoms with Gasteiger partial charge in [0.1, 0.15) is 0 Å². The van der Waals surface area contributed by atoms with E-state index in [0.29, 0.717) is 11.4 Å². The molecule has 0 aliphatic heterocycles. The fraction of sp³-hybridized carbons (Fsp3) is 0.333. The van der Waals surface area contributed by atoms with Gasteiger partial charge in [-0.05, 0) is 37.1 Å². The molecule has 1 aliphatic carbocycles. The average Bonchev–Trinajstić information content (AvgIpc) is 2.73. The lowest BCUT2D eigenvalue weighted by atomic mass is 9.88. The maximum Gasteiger partial charge on any atom is 0.310 e. The van der Waals surface area contributed by atoms with E-state index in [1.54, 1.807) is 30.3 Å². The molecule has 0 aromatic heterocycles. The van der Waals surface area contributed by atoms with Crippen LogP contribution in [0.1, 0.15) is 32.1 Å². The van der Waals surface area contributed by atoms with Crippen molar-refractivity contribution >= 4 is 28.9 Å². The van der Waals surface area contributed by atoms with Crippen LogP contribution in [0.15, 0.2) is 48.5 Å². The van der Waals surface area contributed by atoms with Gasteiger partial charge in [0.25, 0.3) is 5.91 Å². The summed E-state index contributed by atoms with van der Waals surface area (Å²) in [7, 11) is 0. The van der Waals surface area contributed by atoms with Crippen LogP contribution >= 0.6 is 0 Å². The number of carbonyl (C=O) groups excluding carboxylic acids is 2. The molecule has 1 aliphatic rings. The lowest BCUT2D eigenvalue weighted by Gasteiger charge is -2.20. The number of nitro groups is 1. The van der Waals surface area contributed by atoms with Gasteiger partial charge in [0.15, 0.2) is 12.4 Å². The van der Waals surface area contributed by atoms with Crippen molar-refractivity contribution in [3.8, 4) is 5.75 Å². The molecular weight excluding hydrogens is 374 g/mol. The summed E-state index contributed by atoms with van der Waals surface area (Å²) in [5.74, 6) is -0.384. The quantitative estimate of drug-likeness (QED) is 0.539. The number of amides is 2. The zero-order valence-corrected chi connectivity index (χ0v) is 15.9. The first kappa shape index (κ1) is 20.3. The SMILES string of the molecule is O=C(COc1ccccc1[N+](=O)[O-])Nc1cccc(NC(=O)C2CCCCC2)c1. The molecule has 152 valence electrons. The Labute approximate surface area is 168 Å². The van der Waals surface area contributed by atoms with Crippen molar-refractivity contribution < 1.29 is 19.2 Å². The molecule has 2 N–H and O–H groups in total. The average molecular weight is 397 g/mol. The van der Waals surface area contributed by atoms with E-state index in [-0.39, 0.29) is 29.9 Å². The molecule has 0 radical (unpaired) electrons. The van der Waals surface area contributed by atoms with Gasteiger partial charge in [-0.25, -0.2) is 0 Å². The molecular formula is C21H23N3O5. The summed E-state index contributed by atoms with van der Waals surface area (Å²) < 4.78 is 5.28. The van der Waals surface area contributed by atoms with Gasteiger partial charge in [-0.2, -0.15) is 0 Å².